The van der Waals surface area contributed by atoms with E-state index in [1.165, 1.54) is 11.1 Å². The second-order valence-electron chi connectivity index (χ2n) is 5.71. The number of aromatic nitrogens is 1. The Bertz CT molecular complexity index is 647. The number of amides is 1. The van der Waals surface area contributed by atoms with Gasteiger partial charge in [0.2, 0.25) is 5.91 Å². The van der Waals surface area contributed by atoms with Crippen molar-refractivity contribution in [2.45, 2.75) is 32.1 Å². The molecule has 1 aromatic carbocycles. The van der Waals surface area contributed by atoms with Gasteiger partial charge < -0.3 is 14.6 Å². The summed E-state index contributed by atoms with van der Waals surface area (Å²) in [6, 6.07) is 8.27. The highest BCUT2D eigenvalue weighted by Gasteiger charge is 2.24. The standard InChI is InChI=1S/C17H22N2O2/c1-3-17(20)19-8-4-5-12(11-19)16-10-13-9-14(21-2)6-7-15(13)18-16/h6-7,9-10,12,18H,3-5,8,11H2,1-2H3. The molecule has 1 unspecified atom stereocenters. The van der Waals surface area contributed by atoms with E-state index in [1.807, 2.05) is 24.0 Å². The third-order valence-corrected chi connectivity index (χ3v) is 4.37. The zero-order chi connectivity index (χ0) is 14.8. The van der Waals surface area contributed by atoms with Crippen molar-refractivity contribution in [2.24, 2.45) is 0 Å². The fourth-order valence-electron chi connectivity index (χ4n) is 3.16. The number of rotatable bonds is 3. The van der Waals surface area contributed by atoms with Crippen molar-refractivity contribution in [1.82, 2.24) is 9.88 Å². The quantitative estimate of drug-likeness (QED) is 0.941. The van der Waals surface area contributed by atoms with Crippen LogP contribution in [0.2, 0.25) is 0 Å². The van der Waals surface area contributed by atoms with Crippen molar-refractivity contribution >= 4 is 16.8 Å². The molecule has 1 atom stereocenters. The lowest BCUT2D eigenvalue weighted by atomic mass is 9.94. The Labute approximate surface area is 125 Å². The summed E-state index contributed by atoms with van der Waals surface area (Å²) in [6.07, 6.45) is 2.81. The van der Waals surface area contributed by atoms with Crippen molar-refractivity contribution in [3.05, 3.63) is 30.0 Å². The zero-order valence-electron chi connectivity index (χ0n) is 12.7. The second-order valence-corrected chi connectivity index (χ2v) is 5.71. The van der Waals surface area contributed by atoms with Gasteiger partial charge in [-0.1, -0.05) is 6.92 Å². The summed E-state index contributed by atoms with van der Waals surface area (Å²) in [5.41, 5.74) is 2.36. The SMILES string of the molecule is CCC(=O)N1CCCC(c2cc3cc(OC)ccc3[nH]2)C1. The topological polar surface area (TPSA) is 45.3 Å². The first-order chi connectivity index (χ1) is 10.2. The maximum Gasteiger partial charge on any atom is 0.222 e. The molecule has 1 aliphatic rings. The van der Waals surface area contributed by atoms with Gasteiger partial charge in [0, 0.05) is 42.0 Å². The fraction of sp³-hybridized carbons (Fsp3) is 0.471. The van der Waals surface area contributed by atoms with Crippen molar-refractivity contribution < 1.29 is 9.53 Å². The van der Waals surface area contributed by atoms with Gasteiger partial charge in [-0.05, 0) is 37.1 Å². The molecule has 1 fully saturated rings. The summed E-state index contributed by atoms with van der Waals surface area (Å²) in [7, 11) is 1.68. The lowest BCUT2D eigenvalue weighted by molar-refractivity contribution is -0.132. The first-order valence-electron chi connectivity index (χ1n) is 7.65. The van der Waals surface area contributed by atoms with Gasteiger partial charge in [0.15, 0.2) is 0 Å². The van der Waals surface area contributed by atoms with Crippen LogP contribution in [0.4, 0.5) is 0 Å². The monoisotopic (exact) mass is 286 g/mol. The smallest absolute Gasteiger partial charge is 0.222 e. The lowest BCUT2D eigenvalue weighted by Crippen LogP contribution is -2.38. The predicted octanol–water partition coefficient (Wildman–Crippen LogP) is 3.29. The van der Waals surface area contributed by atoms with Crippen LogP contribution in [0.15, 0.2) is 24.3 Å². The van der Waals surface area contributed by atoms with E-state index >= 15 is 0 Å². The number of H-pyrrole nitrogens is 1. The number of ether oxygens (including phenoxy) is 1. The predicted molar refractivity (Wildman–Crippen MR) is 83.7 cm³/mol. The van der Waals surface area contributed by atoms with E-state index in [9.17, 15) is 4.79 Å². The van der Waals surface area contributed by atoms with Gasteiger partial charge in [0.05, 0.1) is 7.11 Å². The largest absolute Gasteiger partial charge is 0.497 e. The zero-order valence-corrected chi connectivity index (χ0v) is 12.7. The number of carbonyl (C=O) groups excluding carboxylic acids is 1. The Balaban J connectivity index is 1.84. The molecule has 0 bridgehead atoms. The minimum Gasteiger partial charge on any atom is -0.497 e. The highest BCUT2D eigenvalue weighted by atomic mass is 16.5. The molecule has 3 rings (SSSR count). The van der Waals surface area contributed by atoms with Crippen LogP contribution in [0.5, 0.6) is 5.75 Å². The maximum absolute atomic E-state index is 11.9. The first kappa shape index (κ1) is 14.0. The van der Waals surface area contributed by atoms with E-state index in [1.54, 1.807) is 7.11 Å². The Morgan fingerprint density at radius 3 is 3.05 bits per heavy atom. The van der Waals surface area contributed by atoms with Crippen LogP contribution in [-0.4, -0.2) is 36.0 Å². The van der Waals surface area contributed by atoms with Crippen molar-refractivity contribution in [1.29, 1.82) is 0 Å². The summed E-state index contributed by atoms with van der Waals surface area (Å²) in [6.45, 7) is 3.66. The Hall–Kier alpha value is -1.97. The first-order valence-corrected chi connectivity index (χ1v) is 7.65. The number of methoxy groups -OCH3 is 1. The van der Waals surface area contributed by atoms with Crippen LogP contribution in [0.25, 0.3) is 10.9 Å². The molecule has 112 valence electrons. The van der Waals surface area contributed by atoms with Crippen LogP contribution < -0.4 is 4.74 Å². The number of aromatic amines is 1. The average Bonchev–Trinajstić information content (AvgIpc) is 2.97. The number of carbonyl (C=O) groups is 1. The molecule has 0 aliphatic carbocycles. The molecular weight excluding hydrogens is 264 g/mol. The molecule has 4 nitrogen and oxygen atoms in total. The number of hydrogen-bond donors (Lipinski definition) is 1. The number of likely N-dealkylation sites (tertiary alicyclic amines) is 1. The highest BCUT2D eigenvalue weighted by molar-refractivity contribution is 5.82. The molecule has 1 N–H and O–H groups in total. The van der Waals surface area contributed by atoms with Gasteiger partial charge >= 0.3 is 0 Å². The molecule has 21 heavy (non-hydrogen) atoms. The van der Waals surface area contributed by atoms with Crippen molar-refractivity contribution in [3.63, 3.8) is 0 Å². The van der Waals surface area contributed by atoms with E-state index in [2.05, 4.69) is 17.1 Å². The van der Waals surface area contributed by atoms with Gasteiger partial charge in [-0.3, -0.25) is 4.79 Å². The molecule has 2 heterocycles. The normalized spacial score (nSPS) is 19.0. The minimum atomic E-state index is 0.262. The molecule has 0 spiro atoms. The molecule has 2 aromatic rings. The third-order valence-electron chi connectivity index (χ3n) is 4.37. The van der Waals surface area contributed by atoms with E-state index in [0.717, 1.165) is 37.2 Å². The van der Waals surface area contributed by atoms with E-state index in [0.29, 0.717) is 12.3 Å². The van der Waals surface area contributed by atoms with Crippen LogP contribution in [0.1, 0.15) is 37.8 Å². The van der Waals surface area contributed by atoms with E-state index < -0.39 is 0 Å². The molecular formula is C17H22N2O2. The lowest BCUT2D eigenvalue weighted by Gasteiger charge is -2.32. The summed E-state index contributed by atoms with van der Waals surface area (Å²) >= 11 is 0. The van der Waals surface area contributed by atoms with Crippen LogP contribution >= 0.6 is 0 Å². The van der Waals surface area contributed by atoms with Gasteiger partial charge in [-0.25, -0.2) is 0 Å². The molecule has 1 aliphatic heterocycles. The van der Waals surface area contributed by atoms with Crippen LogP contribution in [-0.2, 0) is 4.79 Å². The molecule has 1 saturated heterocycles. The molecule has 0 saturated carbocycles. The molecule has 1 aromatic heterocycles. The number of nitrogens with one attached hydrogen (secondary N) is 1. The van der Waals surface area contributed by atoms with Crippen molar-refractivity contribution in [2.75, 3.05) is 20.2 Å². The fourth-order valence-corrected chi connectivity index (χ4v) is 3.16. The number of nitrogens with zero attached hydrogens (tertiary/aromatic N) is 1. The third kappa shape index (κ3) is 2.75. The Morgan fingerprint density at radius 2 is 2.29 bits per heavy atom. The molecule has 4 heteroatoms. The number of benzene rings is 1. The summed E-state index contributed by atoms with van der Waals surface area (Å²) < 4.78 is 5.27. The summed E-state index contributed by atoms with van der Waals surface area (Å²) in [5, 5.41) is 1.17. The molecule has 1 amide bonds. The van der Waals surface area contributed by atoms with E-state index in [4.69, 9.17) is 4.74 Å². The highest BCUT2D eigenvalue weighted by Crippen LogP contribution is 2.30. The van der Waals surface area contributed by atoms with Crippen molar-refractivity contribution in [3.8, 4) is 5.75 Å². The van der Waals surface area contributed by atoms with E-state index in [-0.39, 0.29) is 5.91 Å². The van der Waals surface area contributed by atoms with Gasteiger partial charge in [-0.15, -0.1) is 0 Å². The van der Waals surface area contributed by atoms with Crippen LogP contribution in [0, 0.1) is 0 Å². The van der Waals surface area contributed by atoms with Gasteiger partial charge in [0.1, 0.15) is 5.75 Å². The van der Waals surface area contributed by atoms with Crippen LogP contribution in [0.3, 0.4) is 0 Å². The Morgan fingerprint density at radius 1 is 1.43 bits per heavy atom. The summed E-state index contributed by atoms with van der Waals surface area (Å²) in [5.74, 6) is 1.55. The number of hydrogen-bond acceptors (Lipinski definition) is 2. The Kier molecular flexibility index (Phi) is 3.86. The van der Waals surface area contributed by atoms with Gasteiger partial charge in [-0.2, -0.15) is 0 Å². The number of piperidine rings is 1. The number of fused-ring (bicyclic) bond motifs is 1. The summed E-state index contributed by atoms with van der Waals surface area (Å²) in [4.78, 5) is 17.4. The maximum atomic E-state index is 11.9. The molecule has 0 radical (unpaired) electrons. The second kappa shape index (κ2) is 5.80. The minimum absolute atomic E-state index is 0.262. The van der Waals surface area contributed by atoms with Gasteiger partial charge in [0.25, 0.3) is 0 Å². The average molecular weight is 286 g/mol.